The Bertz CT molecular complexity index is 501. The molecule has 0 bridgehead atoms. The van der Waals surface area contributed by atoms with E-state index in [1.54, 1.807) is 12.1 Å². The van der Waals surface area contributed by atoms with Gasteiger partial charge in [-0.1, -0.05) is 13.8 Å². The van der Waals surface area contributed by atoms with Crippen molar-refractivity contribution >= 4 is 17.5 Å². The van der Waals surface area contributed by atoms with Crippen LogP contribution in [0.1, 0.15) is 26.7 Å². The monoisotopic (exact) mass is 293 g/mol. The smallest absolute Gasteiger partial charge is 0.328 e. The highest BCUT2D eigenvalue weighted by Crippen LogP contribution is 2.30. The van der Waals surface area contributed by atoms with Crippen molar-refractivity contribution in [3.05, 3.63) is 12.1 Å². The predicted octanol–water partition coefficient (Wildman–Crippen LogP) is 2.06. The third-order valence-corrected chi connectivity index (χ3v) is 3.47. The maximum atomic E-state index is 11.8. The summed E-state index contributed by atoms with van der Waals surface area (Å²) in [5.41, 5.74) is 6.37. The normalized spacial score (nSPS) is 15.6. The number of esters is 1. The number of carbonyl (C=O) groups is 1. The van der Waals surface area contributed by atoms with Crippen LogP contribution < -0.4 is 15.8 Å². The zero-order valence-corrected chi connectivity index (χ0v) is 12.8. The average Bonchev–Trinajstić information content (AvgIpc) is 3.28. The maximum Gasteiger partial charge on any atom is 0.328 e. The molecule has 0 aromatic carbocycles. The molecule has 1 fully saturated rings. The van der Waals surface area contributed by atoms with Crippen LogP contribution in [0.2, 0.25) is 0 Å². The Morgan fingerprint density at radius 1 is 1.48 bits per heavy atom. The van der Waals surface area contributed by atoms with Crippen molar-refractivity contribution in [2.45, 2.75) is 32.7 Å². The lowest BCUT2D eigenvalue weighted by molar-refractivity contribution is -0.142. The van der Waals surface area contributed by atoms with Crippen molar-refractivity contribution in [3.63, 3.8) is 0 Å². The van der Waals surface area contributed by atoms with Gasteiger partial charge in [0.25, 0.3) is 0 Å². The molecular weight excluding hydrogens is 270 g/mol. The SMILES string of the molecule is COC(=O)C(Nc1ccc(N)c(OCC2CC2)n1)C(C)C. The first-order valence-electron chi connectivity index (χ1n) is 7.25. The van der Waals surface area contributed by atoms with Gasteiger partial charge in [0.2, 0.25) is 5.88 Å². The first-order valence-corrected chi connectivity index (χ1v) is 7.25. The Morgan fingerprint density at radius 2 is 2.19 bits per heavy atom. The van der Waals surface area contributed by atoms with Crippen molar-refractivity contribution < 1.29 is 14.3 Å². The Morgan fingerprint density at radius 3 is 2.76 bits per heavy atom. The molecule has 0 amide bonds. The summed E-state index contributed by atoms with van der Waals surface area (Å²) in [5, 5.41) is 3.08. The summed E-state index contributed by atoms with van der Waals surface area (Å²) in [7, 11) is 1.37. The topological polar surface area (TPSA) is 86.5 Å². The lowest BCUT2D eigenvalue weighted by Crippen LogP contribution is -2.35. The third-order valence-electron chi connectivity index (χ3n) is 3.47. The Hall–Kier alpha value is -1.98. The number of methoxy groups -OCH3 is 1. The molecule has 0 radical (unpaired) electrons. The molecule has 0 aliphatic heterocycles. The zero-order valence-electron chi connectivity index (χ0n) is 12.8. The van der Waals surface area contributed by atoms with E-state index in [1.165, 1.54) is 20.0 Å². The van der Waals surface area contributed by atoms with E-state index in [9.17, 15) is 4.79 Å². The highest BCUT2D eigenvalue weighted by molar-refractivity contribution is 5.79. The minimum absolute atomic E-state index is 0.0765. The van der Waals surface area contributed by atoms with Crippen LogP contribution in [0, 0.1) is 11.8 Å². The number of nitrogens with two attached hydrogens (primary N) is 1. The van der Waals surface area contributed by atoms with Gasteiger partial charge < -0.3 is 20.5 Å². The molecule has 0 saturated heterocycles. The quantitative estimate of drug-likeness (QED) is 0.748. The number of nitrogens with zero attached hydrogens (tertiary/aromatic N) is 1. The van der Waals surface area contributed by atoms with Gasteiger partial charge in [-0.15, -0.1) is 0 Å². The van der Waals surface area contributed by atoms with Crippen molar-refractivity contribution in [2.75, 3.05) is 24.8 Å². The average molecular weight is 293 g/mol. The van der Waals surface area contributed by atoms with Crippen molar-refractivity contribution in [1.82, 2.24) is 4.98 Å². The van der Waals surface area contributed by atoms with Crippen LogP contribution >= 0.6 is 0 Å². The number of nitrogens with one attached hydrogen (secondary N) is 1. The maximum absolute atomic E-state index is 11.8. The van der Waals surface area contributed by atoms with Crippen LogP contribution in [0.3, 0.4) is 0 Å². The third kappa shape index (κ3) is 4.24. The van der Waals surface area contributed by atoms with Gasteiger partial charge in [0.1, 0.15) is 11.9 Å². The molecule has 6 nitrogen and oxygen atoms in total. The number of pyridine rings is 1. The summed E-state index contributed by atoms with van der Waals surface area (Å²) in [6, 6.07) is 3.01. The summed E-state index contributed by atoms with van der Waals surface area (Å²) in [5.74, 6) is 1.36. The summed E-state index contributed by atoms with van der Waals surface area (Å²) in [6.07, 6.45) is 2.41. The largest absolute Gasteiger partial charge is 0.476 e. The molecule has 1 unspecified atom stereocenters. The molecule has 1 aliphatic carbocycles. The molecule has 0 spiro atoms. The van der Waals surface area contributed by atoms with E-state index in [0.29, 0.717) is 29.9 Å². The number of nitrogen functional groups attached to an aromatic ring is 1. The van der Waals surface area contributed by atoms with E-state index >= 15 is 0 Å². The lowest BCUT2D eigenvalue weighted by Gasteiger charge is -2.20. The van der Waals surface area contributed by atoms with E-state index in [1.807, 2.05) is 13.8 Å². The molecule has 2 rings (SSSR count). The van der Waals surface area contributed by atoms with Gasteiger partial charge in [-0.3, -0.25) is 0 Å². The molecular formula is C15H23N3O3. The number of aromatic nitrogens is 1. The summed E-state index contributed by atoms with van der Waals surface area (Å²) in [4.78, 5) is 16.1. The van der Waals surface area contributed by atoms with E-state index in [-0.39, 0.29) is 11.9 Å². The summed E-state index contributed by atoms with van der Waals surface area (Å²) in [6.45, 7) is 4.53. The standard InChI is InChI=1S/C15H23N3O3/c1-9(2)13(15(19)20-3)17-12-7-6-11(16)14(18-12)21-8-10-4-5-10/h6-7,9-10,13H,4-5,8,16H2,1-3H3,(H,17,18). The van der Waals surface area contributed by atoms with Crippen LogP contribution in [0.25, 0.3) is 0 Å². The van der Waals surface area contributed by atoms with Gasteiger partial charge >= 0.3 is 5.97 Å². The van der Waals surface area contributed by atoms with Gasteiger partial charge in [-0.25, -0.2) is 4.79 Å². The van der Waals surface area contributed by atoms with Gasteiger partial charge in [-0.05, 0) is 36.8 Å². The second-order valence-electron chi connectivity index (χ2n) is 5.73. The Labute approximate surface area is 125 Å². The van der Waals surface area contributed by atoms with Crippen LogP contribution in [0.5, 0.6) is 5.88 Å². The fraction of sp³-hybridized carbons (Fsp3) is 0.600. The molecule has 1 heterocycles. The molecule has 1 aromatic rings. The Balaban J connectivity index is 2.07. The zero-order chi connectivity index (χ0) is 15.4. The van der Waals surface area contributed by atoms with E-state index in [4.69, 9.17) is 15.2 Å². The summed E-state index contributed by atoms with van der Waals surface area (Å²) < 4.78 is 10.4. The van der Waals surface area contributed by atoms with Crippen LogP contribution in [-0.2, 0) is 9.53 Å². The van der Waals surface area contributed by atoms with Gasteiger partial charge in [0, 0.05) is 0 Å². The number of anilines is 2. The molecule has 116 valence electrons. The fourth-order valence-corrected chi connectivity index (χ4v) is 1.91. The molecule has 6 heteroatoms. The number of ether oxygens (including phenoxy) is 2. The second kappa shape index (κ2) is 6.65. The molecule has 21 heavy (non-hydrogen) atoms. The minimum atomic E-state index is -0.456. The lowest BCUT2D eigenvalue weighted by atomic mass is 10.0. The fourth-order valence-electron chi connectivity index (χ4n) is 1.91. The van der Waals surface area contributed by atoms with Crippen molar-refractivity contribution in [1.29, 1.82) is 0 Å². The highest BCUT2D eigenvalue weighted by Gasteiger charge is 2.24. The van der Waals surface area contributed by atoms with E-state index in [0.717, 1.165) is 0 Å². The first kappa shape index (κ1) is 15.4. The highest BCUT2D eigenvalue weighted by atomic mass is 16.5. The Kier molecular flexibility index (Phi) is 4.88. The van der Waals surface area contributed by atoms with Gasteiger partial charge in [0.05, 0.1) is 19.4 Å². The second-order valence-corrected chi connectivity index (χ2v) is 5.73. The molecule has 1 atom stereocenters. The van der Waals surface area contributed by atoms with Crippen LogP contribution in [-0.4, -0.2) is 30.7 Å². The van der Waals surface area contributed by atoms with Gasteiger partial charge in [0.15, 0.2) is 0 Å². The van der Waals surface area contributed by atoms with E-state index in [2.05, 4.69) is 10.3 Å². The number of carbonyl (C=O) groups excluding carboxylic acids is 1. The van der Waals surface area contributed by atoms with Crippen LogP contribution in [0.4, 0.5) is 11.5 Å². The van der Waals surface area contributed by atoms with Crippen LogP contribution in [0.15, 0.2) is 12.1 Å². The number of hydrogen-bond acceptors (Lipinski definition) is 6. The predicted molar refractivity (Wildman–Crippen MR) is 81.1 cm³/mol. The minimum Gasteiger partial charge on any atom is -0.476 e. The van der Waals surface area contributed by atoms with E-state index < -0.39 is 6.04 Å². The van der Waals surface area contributed by atoms with Gasteiger partial charge in [-0.2, -0.15) is 4.98 Å². The summed E-state index contributed by atoms with van der Waals surface area (Å²) >= 11 is 0. The van der Waals surface area contributed by atoms with Crippen molar-refractivity contribution in [3.8, 4) is 5.88 Å². The molecule has 1 aliphatic rings. The van der Waals surface area contributed by atoms with Crippen molar-refractivity contribution in [2.24, 2.45) is 11.8 Å². The number of hydrogen-bond donors (Lipinski definition) is 2. The molecule has 3 N–H and O–H groups in total. The molecule has 1 aromatic heterocycles. The molecule has 1 saturated carbocycles. The first-order chi connectivity index (χ1) is 10.0. The number of rotatable bonds is 7.